The summed E-state index contributed by atoms with van der Waals surface area (Å²) in [5, 5.41) is 17.4. The molecule has 2 N–H and O–H groups in total. The molecule has 0 aromatic rings. The Bertz CT molecular complexity index is 345. The van der Waals surface area contributed by atoms with E-state index >= 15 is 0 Å². The van der Waals surface area contributed by atoms with Crippen molar-refractivity contribution in [2.24, 2.45) is 23.7 Å². The minimum Gasteiger partial charge on any atom is -0.481 e. The van der Waals surface area contributed by atoms with Crippen LogP contribution in [0.1, 0.15) is 78.1 Å². The predicted octanol–water partition coefficient (Wildman–Crippen LogP) is 4.57. The van der Waals surface area contributed by atoms with Gasteiger partial charge in [0.05, 0.1) is 11.8 Å². The Balaban J connectivity index is 0.000000198. The summed E-state index contributed by atoms with van der Waals surface area (Å²) in [4.78, 5) is 21.1. The van der Waals surface area contributed by atoms with Crippen molar-refractivity contribution in [2.45, 2.75) is 78.1 Å². The van der Waals surface area contributed by atoms with Crippen molar-refractivity contribution in [2.75, 3.05) is 0 Å². The van der Waals surface area contributed by atoms with Crippen LogP contribution in [0.2, 0.25) is 0 Å². The largest absolute Gasteiger partial charge is 0.481 e. The summed E-state index contributed by atoms with van der Waals surface area (Å²) in [6.07, 6.45) is 11.1. The molecule has 4 nitrogen and oxygen atoms in total. The number of hydrogen-bond acceptors (Lipinski definition) is 2. The van der Waals surface area contributed by atoms with Gasteiger partial charge in [0.25, 0.3) is 0 Å². The van der Waals surface area contributed by atoms with Crippen LogP contribution >= 0.6 is 0 Å². The molecule has 3 saturated carbocycles. The third-order valence-electron chi connectivity index (χ3n) is 5.26. The maximum Gasteiger partial charge on any atom is 0.306 e. The lowest BCUT2D eigenvalue weighted by Gasteiger charge is -2.16. The number of rotatable bonds is 2. The molecule has 3 atom stereocenters. The van der Waals surface area contributed by atoms with Crippen LogP contribution in [0, 0.1) is 23.7 Å². The van der Waals surface area contributed by atoms with Gasteiger partial charge in [-0.15, -0.1) is 0 Å². The van der Waals surface area contributed by atoms with Crippen LogP contribution in [-0.2, 0) is 9.59 Å². The van der Waals surface area contributed by atoms with Crippen molar-refractivity contribution in [3.8, 4) is 0 Å². The maximum atomic E-state index is 10.6. The summed E-state index contributed by atoms with van der Waals surface area (Å²) < 4.78 is 0. The topological polar surface area (TPSA) is 74.6 Å². The molecule has 0 spiro atoms. The Kier molecular flexibility index (Phi) is 8.51. The molecule has 0 saturated heterocycles. The average Bonchev–Trinajstić information content (AvgIpc) is 3.04. The van der Waals surface area contributed by atoms with Crippen molar-refractivity contribution < 1.29 is 19.8 Å². The van der Waals surface area contributed by atoms with Gasteiger partial charge >= 0.3 is 11.9 Å². The Morgan fingerprint density at radius 2 is 1.36 bits per heavy atom. The SMILES string of the molecule is CC.O=C(O)C1CC2CCC1C2.O=C(O)C1CCCCCC1. The third-order valence-corrected chi connectivity index (χ3v) is 5.26. The van der Waals surface area contributed by atoms with E-state index < -0.39 is 11.9 Å². The molecule has 3 fully saturated rings. The monoisotopic (exact) mass is 312 g/mol. The maximum absolute atomic E-state index is 10.6. The van der Waals surface area contributed by atoms with Crippen LogP contribution in [0.4, 0.5) is 0 Å². The van der Waals surface area contributed by atoms with Gasteiger partial charge in [0.2, 0.25) is 0 Å². The van der Waals surface area contributed by atoms with Crippen LogP contribution in [0.15, 0.2) is 0 Å². The van der Waals surface area contributed by atoms with Crippen LogP contribution in [0.3, 0.4) is 0 Å². The molecule has 128 valence electrons. The van der Waals surface area contributed by atoms with E-state index in [4.69, 9.17) is 10.2 Å². The Morgan fingerprint density at radius 3 is 1.68 bits per heavy atom. The zero-order valence-corrected chi connectivity index (χ0v) is 14.1. The van der Waals surface area contributed by atoms with Gasteiger partial charge in [-0.05, 0) is 43.9 Å². The van der Waals surface area contributed by atoms with Crippen molar-refractivity contribution in [1.82, 2.24) is 0 Å². The summed E-state index contributed by atoms with van der Waals surface area (Å²) in [5.74, 6) is 0.101. The molecular weight excluding hydrogens is 280 g/mol. The van der Waals surface area contributed by atoms with Crippen molar-refractivity contribution in [3.63, 3.8) is 0 Å². The molecule has 3 rings (SSSR count). The predicted molar refractivity (Wildman–Crippen MR) is 86.7 cm³/mol. The molecule has 2 bridgehead atoms. The number of fused-ring (bicyclic) bond motifs is 2. The number of carbonyl (C=O) groups is 2. The molecule has 0 aromatic carbocycles. The normalized spacial score (nSPS) is 30.4. The zero-order valence-electron chi connectivity index (χ0n) is 14.1. The lowest BCUT2D eigenvalue weighted by Crippen LogP contribution is -2.19. The van der Waals surface area contributed by atoms with Crippen LogP contribution in [-0.4, -0.2) is 22.2 Å². The van der Waals surface area contributed by atoms with Gasteiger partial charge in [0.15, 0.2) is 0 Å². The van der Waals surface area contributed by atoms with E-state index in [1.54, 1.807) is 0 Å². The van der Waals surface area contributed by atoms with E-state index in [1.165, 1.54) is 32.1 Å². The van der Waals surface area contributed by atoms with E-state index in [1.807, 2.05) is 13.8 Å². The molecule has 0 aliphatic heterocycles. The fourth-order valence-electron chi connectivity index (χ4n) is 4.07. The molecule has 0 heterocycles. The first kappa shape index (κ1) is 19.0. The standard InChI is InChI=1S/C8H12O2.C8H14O2.C2H6/c9-8(10)7-4-5-1-2-6(7)3-5;9-8(10)7-5-3-1-2-4-6-7;1-2/h5-7H,1-4H2,(H,9,10);7H,1-6H2,(H,9,10);1-2H3. The molecule has 4 heteroatoms. The van der Waals surface area contributed by atoms with Crippen LogP contribution in [0.5, 0.6) is 0 Å². The first-order valence-corrected chi connectivity index (χ1v) is 9.03. The highest BCUT2D eigenvalue weighted by atomic mass is 16.4. The lowest BCUT2D eigenvalue weighted by atomic mass is 9.89. The van der Waals surface area contributed by atoms with Gasteiger partial charge < -0.3 is 10.2 Å². The summed E-state index contributed by atoms with van der Waals surface area (Å²) in [6.45, 7) is 4.00. The lowest BCUT2D eigenvalue weighted by molar-refractivity contribution is -0.144. The minimum absolute atomic E-state index is 0.0127. The Morgan fingerprint density at radius 1 is 0.773 bits per heavy atom. The van der Waals surface area contributed by atoms with Crippen molar-refractivity contribution >= 4 is 11.9 Å². The molecular formula is C18H32O4. The molecule has 3 unspecified atom stereocenters. The quantitative estimate of drug-likeness (QED) is 0.732. The van der Waals surface area contributed by atoms with Gasteiger partial charge in [-0.1, -0.05) is 46.0 Å². The van der Waals surface area contributed by atoms with Gasteiger partial charge in [0.1, 0.15) is 0 Å². The second kappa shape index (κ2) is 9.86. The summed E-state index contributed by atoms with van der Waals surface area (Å²) in [5.41, 5.74) is 0. The van der Waals surface area contributed by atoms with Gasteiger partial charge in [0, 0.05) is 0 Å². The summed E-state index contributed by atoms with van der Waals surface area (Å²) in [7, 11) is 0. The molecule has 3 aliphatic rings. The smallest absolute Gasteiger partial charge is 0.306 e. The van der Waals surface area contributed by atoms with Crippen LogP contribution < -0.4 is 0 Å². The van der Waals surface area contributed by atoms with E-state index in [0.717, 1.165) is 38.0 Å². The number of hydrogen-bond donors (Lipinski definition) is 2. The van der Waals surface area contributed by atoms with Crippen molar-refractivity contribution in [3.05, 3.63) is 0 Å². The molecule has 0 amide bonds. The average molecular weight is 312 g/mol. The molecule has 22 heavy (non-hydrogen) atoms. The Labute approximate surface area is 134 Å². The molecule has 0 radical (unpaired) electrons. The first-order chi connectivity index (χ1) is 10.6. The van der Waals surface area contributed by atoms with Crippen LogP contribution in [0.25, 0.3) is 0 Å². The minimum atomic E-state index is -0.595. The highest BCUT2D eigenvalue weighted by Gasteiger charge is 2.42. The van der Waals surface area contributed by atoms with E-state index in [0.29, 0.717) is 5.92 Å². The van der Waals surface area contributed by atoms with E-state index in [9.17, 15) is 9.59 Å². The summed E-state index contributed by atoms with van der Waals surface area (Å²) >= 11 is 0. The number of carboxylic acid groups (broad SMARTS) is 2. The highest BCUT2D eigenvalue weighted by molar-refractivity contribution is 5.71. The summed E-state index contributed by atoms with van der Waals surface area (Å²) in [6, 6.07) is 0. The second-order valence-electron chi connectivity index (χ2n) is 6.65. The number of carboxylic acids is 2. The molecule has 0 aromatic heterocycles. The van der Waals surface area contributed by atoms with Crippen molar-refractivity contribution in [1.29, 1.82) is 0 Å². The first-order valence-electron chi connectivity index (χ1n) is 9.03. The van der Waals surface area contributed by atoms with Gasteiger partial charge in [-0.25, -0.2) is 0 Å². The third kappa shape index (κ3) is 5.62. The van der Waals surface area contributed by atoms with Gasteiger partial charge in [-0.3, -0.25) is 9.59 Å². The Hall–Kier alpha value is -1.06. The fourth-order valence-corrected chi connectivity index (χ4v) is 4.07. The fraction of sp³-hybridized carbons (Fsp3) is 0.889. The number of aliphatic carboxylic acids is 2. The highest BCUT2D eigenvalue weighted by Crippen LogP contribution is 2.48. The van der Waals surface area contributed by atoms with E-state index in [-0.39, 0.29) is 11.8 Å². The van der Waals surface area contributed by atoms with E-state index in [2.05, 4.69) is 0 Å². The second-order valence-corrected chi connectivity index (χ2v) is 6.65. The zero-order chi connectivity index (χ0) is 16.5. The molecule has 3 aliphatic carbocycles. The van der Waals surface area contributed by atoms with Gasteiger partial charge in [-0.2, -0.15) is 0 Å².